The number of hydrogen-bond acceptors (Lipinski definition) is 4. The Morgan fingerprint density at radius 2 is 1.97 bits per heavy atom. The molecule has 1 amide bonds. The summed E-state index contributed by atoms with van der Waals surface area (Å²) in [5, 5.41) is 1.91. The van der Waals surface area contributed by atoms with E-state index >= 15 is 0 Å². The normalized spacial score (nSPS) is 11.9. The molecule has 35 heavy (non-hydrogen) atoms. The van der Waals surface area contributed by atoms with Crippen LogP contribution in [0.4, 0.5) is 23.2 Å². The molecule has 1 aromatic heterocycles. The van der Waals surface area contributed by atoms with Crippen LogP contribution in [-0.4, -0.2) is 25.6 Å². The summed E-state index contributed by atoms with van der Waals surface area (Å²) in [4.78, 5) is 15.9. The first-order chi connectivity index (χ1) is 16.2. The van der Waals surface area contributed by atoms with E-state index in [9.17, 15) is 30.8 Å². The zero-order valence-electron chi connectivity index (χ0n) is 18.8. The first kappa shape index (κ1) is 28.1. The maximum Gasteiger partial charge on any atom is 0.434 e. The maximum absolute atomic E-state index is 14.4. The molecule has 12 heteroatoms. The van der Waals surface area contributed by atoms with Gasteiger partial charge in [0, 0.05) is 18.3 Å². The van der Waals surface area contributed by atoms with Crippen molar-refractivity contribution in [3.63, 3.8) is 0 Å². The van der Waals surface area contributed by atoms with E-state index < -0.39 is 38.6 Å². The minimum Gasteiger partial charge on any atom is -0.348 e. The van der Waals surface area contributed by atoms with Crippen LogP contribution in [0.2, 0.25) is 5.02 Å². The molecular formula is C23H22ClF4N3O3S. The highest BCUT2D eigenvalue weighted by Crippen LogP contribution is 2.34. The fourth-order valence-electron chi connectivity index (χ4n) is 3.01. The van der Waals surface area contributed by atoms with Gasteiger partial charge in [0.15, 0.2) is 5.69 Å². The molecule has 1 aromatic carbocycles. The van der Waals surface area contributed by atoms with Crippen molar-refractivity contribution in [2.24, 2.45) is 0 Å². The van der Waals surface area contributed by atoms with Gasteiger partial charge >= 0.3 is 6.18 Å². The van der Waals surface area contributed by atoms with E-state index in [4.69, 9.17) is 18.0 Å². The predicted molar refractivity (Wildman–Crippen MR) is 127 cm³/mol. The van der Waals surface area contributed by atoms with Crippen molar-refractivity contribution < 1.29 is 30.8 Å². The molecule has 6 nitrogen and oxygen atoms in total. The lowest BCUT2D eigenvalue weighted by atomic mass is 10.1. The highest BCUT2D eigenvalue weighted by molar-refractivity contribution is 7.92. The second kappa shape index (κ2) is 11.6. The van der Waals surface area contributed by atoms with Gasteiger partial charge in [0.2, 0.25) is 15.9 Å². The minimum atomic E-state index is -4.71. The summed E-state index contributed by atoms with van der Waals surface area (Å²) in [5.41, 5.74) is -0.936. The quantitative estimate of drug-likeness (QED) is 0.273. The number of carbonyl (C=O) groups excluding carboxylic acids is 1. The summed E-state index contributed by atoms with van der Waals surface area (Å²) in [5.74, 6) is 0.642. The summed E-state index contributed by atoms with van der Waals surface area (Å²) in [7, 11) is -3.77. The van der Waals surface area contributed by atoms with Gasteiger partial charge in [-0.15, -0.1) is 6.42 Å². The number of hydrogen-bond donors (Lipinski definition) is 2. The largest absolute Gasteiger partial charge is 0.434 e. The molecule has 1 heterocycles. The summed E-state index contributed by atoms with van der Waals surface area (Å²) in [6, 6.07) is 3.46. The Morgan fingerprint density at radius 3 is 2.54 bits per heavy atom. The van der Waals surface area contributed by atoms with Crippen LogP contribution in [0.3, 0.4) is 0 Å². The van der Waals surface area contributed by atoms with Gasteiger partial charge < -0.3 is 5.32 Å². The average molecular weight is 532 g/mol. The molecule has 0 saturated heterocycles. The minimum absolute atomic E-state index is 0.0544. The van der Waals surface area contributed by atoms with Gasteiger partial charge in [-0.05, 0) is 48.2 Å². The third-order valence-electron chi connectivity index (χ3n) is 4.60. The summed E-state index contributed by atoms with van der Waals surface area (Å²) in [6.07, 6.45) is 5.44. The van der Waals surface area contributed by atoms with Crippen molar-refractivity contribution in [2.75, 3.05) is 11.0 Å². The molecule has 0 saturated carbocycles. The van der Waals surface area contributed by atoms with Crippen LogP contribution < -0.4 is 10.0 Å². The lowest BCUT2D eigenvalue weighted by Gasteiger charge is -2.13. The summed E-state index contributed by atoms with van der Waals surface area (Å²) in [6.45, 7) is 1.73. The summed E-state index contributed by atoms with van der Waals surface area (Å²) >= 11 is 5.76. The van der Waals surface area contributed by atoms with E-state index in [1.165, 1.54) is 12.1 Å². The zero-order valence-corrected chi connectivity index (χ0v) is 20.3. The van der Waals surface area contributed by atoms with Crippen LogP contribution >= 0.6 is 11.6 Å². The van der Waals surface area contributed by atoms with Gasteiger partial charge in [-0.3, -0.25) is 9.52 Å². The highest BCUT2D eigenvalue weighted by atomic mass is 35.5. The number of benzene rings is 1. The number of alkyl halides is 3. The molecule has 0 bridgehead atoms. The average Bonchev–Trinajstić information content (AvgIpc) is 2.75. The van der Waals surface area contributed by atoms with Crippen molar-refractivity contribution in [3.8, 4) is 12.3 Å². The molecule has 188 valence electrons. The molecule has 0 aliphatic rings. The van der Waals surface area contributed by atoms with Crippen LogP contribution in [0.15, 0.2) is 24.3 Å². The molecule has 2 aromatic rings. The van der Waals surface area contributed by atoms with Crippen LogP contribution in [0, 0.1) is 18.2 Å². The highest BCUT2D eigenvalue weighted by Gasteiger charge is 2.36. The number of nitrogens with one attached hydrogen (secondary N) is 2. The molecule has 0 radical (unpaired) electrons. The Kier molecular flexibility index (Phi) is 9.29. The molecule has 0 spiro atoms. The second-order valence-corrected chi connectivity index (χ2v) is 9.68. The molecule has 0 atom stereocenters. The number of aryl methyl sites for hydroxylation is 1. The van der Waals surface area contributed by atoms with E-state index in [0.717, 1.165) is 30.9 Å². The zero-order chi connectivity index (χ0) is 26.4. The molecule has 2 N–H and O–H groups in total. The van der Waals surface area contributed by atoms with Gasteiger partial charge in [-0.2, -0.15) is 13.2 Å². The standard InChI is InChI=1S/C23H22ClF4N3O3S/c1-4-6-7-19-16(12-17(24)22(30-19)23(26,27)28)8-9-20(32)29-13-14-10-15(5-2)21(18(25)11-14)31-35(3,33)34/h2,8-12,31H,4,6-7,13H2,1,3H3,(H,29,32). The molecule has 0 fully saturated rings. The van der Waals surface area contributed by atoms with Crippen LogP contribution in [0.25, 0.3) is 6.08 Å². The Bertz CT molecular complexity index is 1290. The Balaban J connectivity index is 2.20. The Hall–Kier alpha value is -3.10. The van der Waals surface area contributed by atoms with Gasteiger partial charge in [0.25, 0.3) is 0 Å². The third-order valence-corrected chi connectivity index (χ3v) is 5.46. The molecule has 0 unspecified atom stereocenters. The maximum atomic E-state index is 14.4. The van der Waals surface area contributed by atoms with Gasteiger partial charge in [0.05, 0.1) is 22.5 Å². The number of unbranched alkanes of at least 4 members (excludes halogenated alkanes) is 1. The summed E-state index contributed by atoms with van der Waals surface area (Å²) < 4.78 is 78.6. The number of terminal acetylenes is 1. The predicted octanol–water partition coefficient (Wildman–Crippen LogP) is 4.92. The Labute approximate surface area is 205 Å². The lowest BCUT2D eigenvalue weighted by Crippen LogP contribution is -2.21. The molecule has 2 rings (SSSR count). The molecule has 0 aliphatic heterocycles. The number of rotatable bonds is 9. The van der Waals surface area contributed by atoms with Gasteiger partial charge in [-0.1, -0.05) is 30.9 Å². The molecular weight excluding hydrogens is 510 g/mol. The Morgan fingerprint density at radius 1 is 1.29 bits per heavy atom. The van der Waals surface area contributed by atoms with Crippen molar-refractivity contribution in [2.45, 2.75) is 38.9 Å². The van der Waals surface area contributed by atoms with E-state index in [2.05, 4.69) is 16.2 Å². The fraction of sp³-hybridized carbons (Fsp3) is 0.304. The van der Waals surface area contributed by atoms with Crippen LogP contribution in [0.5, 0.6) is 0 Å². The first-order valence-corrected chi connectivity index (χ1v) is 12.5. The van der Waals surface area contributed by atoms with Gasteiger partial charge in [-0.25, -0.2) is 17.8 Å². The fourth-order valence-corrected chi connectivity index (χ4v) is 3.86. The van der Waals surface area contributed by atoms with Crippen LogP contribution in [0.1, 0.15) is 47.8 Å². The monoisotopic (exact) mass is 531 g/mol. The topological polar surface area (TPSA) is 88.2 Å². The van der Waals surface area contributed by atoms with Crippen molar-refractivity contribution in [1.29, 1.82) is 0 Å². The van der Waals surface area contributed by atoms with Crippen molar-refractivity contribution in [1.82, 2.24) is 10.3 Å². The van der Waals surface area contributed by atoms with Gasteiger partial charge in [0.1, 0.15) is 5.82 Å². The van der Waals surface area contributed by atoms with E-state index in [-0.39, 0.29) is 41.0 Å². The first-order valence-electron chi connectivity index (χ1n) is 10.2. The lowest BCUT2D eigenvalue weighted by molar-refractivity contribution is -0.141. The number of halogens is 5. The smallest absolute Gasteiger partial charge is 0.348 e. The second-order valence-electron chi connectivity index (χ2n) is 7.53. The SMILES string of the molecule is C#Cc1cc(CNC(=O)C=Cc2cc(Cl)c(C(F)(F)F)nc2CCCC)cc(F)c1NS(C)(=O)=O. The number of carbonyl (C=O) groups is 1. The van der Waals surface area contributed by atoms with E-state index in [0.29, 0.717) is 6.42 Å². The van der Waals surface area contributed by atoms with E-state index in [1.54, 1.807) is 0 Å². The van der Waals surface area contributed by atoms with E-state index in [1.807, 2.05) is 11.6 Å². The third kappa shape index (κ3) is 8.26. The number of aromatic nitrogens is 1. The number of amides is 1. The van der Waals surface area contributed by atoms with Crippen molar-refractivity contribution >= 4 is 39.3 Å². The number of nitrogens with zero attached hydrogens (tertiary/aromatic N) is 1. The van der Waals surface area contributed by atoms with Crippen LogP contribution in [-0.2, 0) is 34.0 Å². The number of pyridine rings is 1. The van der Waals surface area contributed by atoms with Crippen molar-refractivity contribution in [3.05, 3.63) is 63.2 Å². The number of sulfonamides is 1. The number of anilines is 1. The molecule has 0 aliphatic carbocycles.